The molecule has 2 rings (SSSR count). The number of nitrogens with one attached hydrogen (secondary N) is 3. The third-order valence-electron chi connectivity index (χ3n) is 3.14. The third kappa shape index (κ3) is 6.82. The van der Waals surface area contributed by atoms with Crippen LogP contribution in [0.5, 0.6) is 0 Å². The number of carbonyl (C=O) groups excluding carboxylic acids is 2. The van der Waals surface area contributed by atoms with Crippen molar-refractivity contribution < 1.29 is 9.59 Å². The van der Waals surface area contributed by atoms with Crippen molar-refractivity contribution in [2.24, 2.45) is 10.2 Å². The molecule has 0 radical (unpaired) electrons. The smallest absolute Gasteiger partial charge is 0.319 e. The summed E-state index contributed by atoms with van der Waals surface area (Å²) in [5.74, 6) is -0.214. The first-order valence-corrected chi connectivity index (χ1v) is 8.06. The summed E-state index contributed by atoms with van der Waals surface area (Å²) in [6.07, 6.45) is 0.853. The maximum atomic E-state index is 11.7. The number of urea groups is 1. The summed E-state index contributed by atoms with van der Waals surface area (Å²) in [4.78, 5) is 23.2. The maximum absolute atomic E-state index is 11.7. The van der Waals surface area contributed by atoms with Crippen LogP contribution in [0.2, 0.25) is 0 Å². The van der Waals surface area contributed by atoms with Crippen molar-refractivity contribution in [3.05, 3.63) is 54.6 Å². The number of hydrogen-bond acceptors (Lipinski definition) is 4. The molecular formula is C18H21N5O2. The normalized spacial score (nSPS) is 10.4. The van der Waals surface area contributed by atoms with Gasteiger partial charge in [-0.1, -0.05) is 25.1 Å². The fourth-order valence-electron chi connectivity index (χ4n) is 1.88. The molecule has 0 fully saturated rings. The van der Waals surface area contributed by atoms with E-state index in [0.29, 0.717) is 17.9 Å². The molecule has 0 saturated carbocycles. The standard InChI is InChI=1S/C18H21N5O2/c1-2-12-19-17(24)13-20-18(25)21-14-8-10-16(11-9-14)23-22-15-6-4-3-5-7-15/h3-11H,2,12-13H2,1H3,(H,19,24)(H2,20,21,25). The van der Waals surface area contributed by atoms with Crippen LogP contribution in [-0.4, -0.2) is 25.0 Å². The number of hydrogen-bond donors (Lipinski definition) is 3. The van der Waals surface area contributed by atoms with E-state index < -0.39 is 6.03 Å². The number of benzene rings is 2. The minimum atomic E-state index is -0.440. The number of azo groups is 1. The second-order valence-corrected chi connectivity index (χ2v) is 5.24. The van der Waals surface area contributed by atoms with E-state index in [2.05, 4.69) is 26.2 Å². The molecule has 0 saturated heterocycles. The molecule has 0 unspecified atom stereocenters. The van der Waals surface area contributed by atoms with Crippen molar-refractivity contribution in [1.82, 2.24) is 10.6 Å². The van der Waals surface area contributed by atoms with E-state index in [1.165, 1.54) is 0 Å². The molecular weight excluding hydrogens is 318 g/mol. The zero-order valence-corrected chi connectivity index (χ0v) is 14.0. The molecule has 0 aromatic heterocycles. The molecule has 0 aliphatic rings. The third-order valence-corrected chi connectivity index (χ3v) is 3.14. The van der Waals surface area contributed by atoms with Gasteiger partial charge in [-0.2, -0.15) is 10.2 Å². The lowest BCUT2D eigenvalue weighted by Gasteiger charge is -2.08. The minimum absolute atomic E-state index is 0.0603. The molecule has 0 heterocycles. The van der Waals surface area contributed by atoms with Crippen LogP contribution < -0.4 is 16.0 Å². The van der Waals surface area contributed by atoms with Gasteiger partial charge in [-0.3, -0.25) is 4.79 Å². The average Bonchev–Trinajstić information content (AvgIpc) is 2.65. The van der Waals surface area contributed by atoms with Crippen LogP contribution in [0.3, 0.4) is 0 Å². The van der Waals surface area contributed by atoms with Crippen LogP contribution in [0.4, 0.5) is 21.9 Å². The van der Waals surface area contributed by atoms with Gasteiger partial charge in [-0.15, -0.1) is 0 Å². The van der Waals surface area contributed by atoms with Crippen molar-refractivity contribution in [1.29, 1.82) is 0 Å². The van der Waals surface area contributed by atoms with Crippen molar-refractivity contribution >= 4 is 29.0 Å². The zero-order valence-electron chi connectivity index (χ0n) is 14.0. The summed E-state index contributed by atoms with van der Waals surface area (Å²) in [6.45, 7) is 2.50. The van der Waals surface area contributed by atoms with E-state index in [-0.39, 0.29) is 12.5 Å². The largest absolute Gasteiger partial charge is 0.355 e. The van der Waals surface area contributed by atoms with Gasteiger partial charge in [0.1, 0.15) is 0 Å². The monoisotopic (exact) mass is 339 g/mol. The molecule has 0 aliphatic carbocycles. The molecule has 3 amide bonds. The summed E-state index contributed by atoms with van der Waals surface area (Å²) >= 11 is 0. The van der Waals surface area contributed by atoms with Gasteiger partial charge in [0, 0.05) is 12.2 Å². The van der Waals surface area contributed by atoms with Gasteiger partial charge in [-0.25, -0.2) is 4.79 Å². The summed E-state index contributed by atoms with van der Waals surface area (Å²) in [7, 11) is 0. The van der Waals surface area contributed by atoms with Gasteiger partial charge in [0.25, 0.3) is 0 Å². The molecule has 130 valence electrons. The summed E-state index contributed by atoms with van der Waals surface area (Å²) in [5, 5.41) is 16.1. The van der Waals surface area contributed by atoms with Gasteiger partial charge in [0.15, 0.2) is 0 Å². The summed E-state index contributed by atoms with van der Waals surface area (Å²) < 4.78 is 0. The molecule has 0 spiro atoms. The highest BCUT2D eigenvalue weighted by Gasteiger charge is 2.05. The fraction of sp³-hybridized carbons (Fsp3) is 0.222. The average molecular weight is 339 g/mol. The van der Waals surface area contributed by atoms with Crippen molar-refractivity contribution in [2.75, 3.05) is 18.4 Å². The second kappa shape index (κ2) is 9.82. The summed E-state index contributed by atoms with van der Waals surface area (Å²) in [5.41, 5.74) is 2.05. The van der Waals surface area contributed by atoms with Crippen molar-refractivity contribution in [3.63, 3.8) is 0 Å². The Balaban J connectivity index is 1.80. The quantitative estimate of drug-likeness (QED) is 0.670. The van der Waals surface area contributed by atoms with Gasteiger partial charge < -0.3 is 16.0 Å². The van der Waals surface area contributed by atoms with E-state index in [9.17, 15) is 9.59 Å². The van der Waals surface area contributed by atoms with Crippen LogP contribution in [0.25, 0.3) is 0 Å². The Kier molecular flexibility index (Phi) is 7.12. The van der Waals surface area contributed by atoms with Gasteiger partial charge in [0.2, 0.25) is 5.91 Å². The minimum Gasteiger partial charge on any atom is -0.355 e. The molecule has 2 aromatic rings. The predicted octanol–water partition coefficient (Wildman–Crippen LogP) is 3.75. The molecule has 7 nitrogen and oxygen atoms in total. The Labute approximate surface area is 146 Å². The second-order valence-electron chi connectivity index (χ2n) is 5.24. The first-order valence-electron chi connectivity index (χ1n) is 8.06. The van der Waals surface area contributed by atoms with E-state index in [1.807, 2.05) is 37.3 Å². The SMILES string of the molecule is CCCNC(=O)CNC(=O)Nc1ccc(N=Nc2ccccc2)cc1. The lowest BCUT2D eigenvalue weighted by atomic mass is 10.3. The zero-order chi connectivity index (χ0) is 17.9. The molecule has 2 aromatic carbocycles. The molecule has 3 N–H and O–H groups in total. The van der Waals surface area contributed by atoms with E-state index in [4.69, 9.17) is 0 Å². The molecule has 0 bridgehead atoms. The Hall–Kier alpha value is -3.22. The number of amides is 3. The Morgan fingerprint density at radius 3 is 2.16 bits per heavy atom. The number of carbonyl (C=O) groups is 2. The Bertz CT molecular complexity index is 714. The molecule has 7 heteroatoms. The van der Waals surface area contributed by atoms with Crippen molar-refractivity contribution in [3.8, 4) is 0 Å². The number of nitrogens with zero attached hydrogens (tertiary/aromatic N) is 2. The number of rotatable bonds is 7. The van der Waals surface area contributed by atoms with Crippen LogP contribution >= 0.6 is 0 Å². The molecule has 0 atom stereocenters. The highest BCUT2D eigenvalue weighted by atomic mass is 16.2. The maximum Gasteiger partial charge on any atom is 0.319 e. The number of anilines is 1. The van der Waals surface area contributed by atoms with Gasteiger partial charge in [-0.05, 0) is 42.8 Å². The van der Waals surface area contributed by atoms with E-state index in [0.717, 1.165) is 12.1 Å². The molecule has 25 heavy (non-hydrogen) atoms. The van der Waals surface area contributed by atoms with Gasteiger partial charge in [0.05, 0.1) is 17.9 Å². The van der Waals surface area contributed by atoms with Crippen LogP contribution in [0.15, 0.2) is 64.8 Å². The van der Waals surface area contributed by atoms with Crippen molar-refractivity contribution in [2.45, 2.75) is 13.3 Å². The summed E-state index contributed by atoms with van der Waals surface area (Å²) in [6, 6.07) is 15.9. The molecule has 0 aliphatic heterocycles. The van der Waals surface area contributed by atoms with E-state index in [1.54, 1.807) is 24.3 Å². The van der Waals surface area contributed by atoms with Gasteiger partial charge >= 0.3 is 6.03 Å². The topological polar surface area (TPSA) is 95.0 Å². The first kappa shape index (κ1) is 18.1. The highest BCUT2D eigenvalue weighted by molar-refractivity contribution is 5.92. The lowest BCUT2D eigenvalue weighted by molar-refractivity contribution is -0.120. The van der Waals surface area contributed by atoms with Crippen LogP contribution in [-0.2, 0) is 4.79 Å². The lowest BCUT2D eigenvalue weighted by Crippen LogP contribution is -2.39. The van der Waals surface area contributed by atoms with Crippen LogP contribution in [0, 0.1) is 0 Å². The highest BCUT2D eigenvalue weighted by Crippen LogP contribution is 2.19. The van der Waals surface area contributed by atoms with Crippen LogP contribution in [0.1, 0.15) is 13.3 Å². The predicted molar refractivity (Wildman–Crippen MR) is 97.4 cm³/mol. The fourth-order valence-corrected chi connectivity index (χ4v) is 1.88. The Morgan fingerprint density at radius 1 is 0.880 bits per heavy atom. The van der Waals surface area contributed by atoms with E-state index >= 15 is 0 Å². The first-order chi connectivity index (χ1) is 12.2. The Morgan fingerprint density at radius 2 is 1.52 bits per heavy atom.